The van der Waals surface area contributed by atoms with Crippen LogP contribution in [0.3, 0.4) is 0 Å². The molecule has 98 valence electrons. The van der Waals surface area contributed by atoms with Crippen molar-refractivity contribution in [1.29, 1.82) is 0 Å². The number of aryl methyl sites for hydroxylation is 1. The summed E-state index contributed by atoms with van der Waals surface area (Å²) in [6.45, 7) is 0. The number of aromatic hydroxyl groups is 1. The largest absolute Gasteiger partial charge is 0.508 e. The predicted molar refractivity (Wildman–Crippen MR) is 76.4 cm³/mol. The van der Waals surface area contributed by atoms with Gasteiger partial charge in [-0.2, -0.15) is 0 Å². The molecular formula is C17H18O2. The number of rotatable bonds is 6. The van der Waals surface area contributed by atoms with Gasteiger partial charge in [-0.3, -0.25) is 4.79 Å². The lowest BCUT2D eigenvalue weighted by atomic mass is 10.0. The quantitative estimate of drug-likeness (QED) is 0.625. The fourth-order valence-electron chi connectivity index (χ4n) is 2.05. The van der Waals surface area contributed by atoms with Gasteiger partial charge >= 0.3 is 0 Å². The smallest absolute Gasteiger partial charge is 0.162 e. The van der Waals surface area contributed by atoms with E-state index in [9.17, 15) is 9.90 Å². The molecule has 2 rings (SSSR count). The van der Waals surface area contributed by atoms with E-state index in [0.29, 0.717) is 12.2 Å². The summed E-state index contributed by atoms with van der Waals surface area (Å²) in [7, 11) is 0. The van der Waals surface area contributed by atoms with Crippen molar-refractivity contribution in [2.75, 3.05) is 0 Å². The second-order valence-corrected chi connectivity index (χ2v) is 4.66. The highest BCUT2D eigenvalue weighted by Gasteiger charge is 2.04. The third-order valence-corrected chi connectivity index (χ3v) is 3.15. The van der Waals surface area contributed by atoms with Crippen LogP contribution in [-0.2, 0) is 6.42 Å². The van der Waals surface area contributed by atoms with Crippen LogP contribution in [0.25, 0.3) is 0 Å². The van der Waals surface area contributed by atoms with Gasteiger partial charge in [-0.25, -0.2) is 0 Å². The normalized spacial score (nSPS) is 10.3. The van der Waals surface area contributed by atoms with Crippen LogP contribution < -0.4 is 0 Å². The van der Waals surface area contributed by atoms with Gasteiger partial charge in [-0.05, 0) is 37.0 Å². The summed E-state index contributed by atoms with van der Waals surface area (Å²) in [4.78, 5) is 11.9. The van der Waals surface area contributed by atoms with Gasteiger partial charge in [-0.1, -0.05) is 42.5 Å². The average molecular weight is 254 g/mol. The first kappa shape index (κ1) is 13.3. The molecule has 0 aliphatic rings. The van der Waals surface area contributed by atoms with Crippen molar-refractivity contribution in [2.24, 2.45) is 0 Å². The Balaban J connectivity index is 1.72. The summed E-state index contributed by atoms with van der Waals surface area (Å²) in [5.74, 6) is 0.509. The maximum atomic E-state index is 11.9. The SMILES string of the molecule is O=C(CCCCc1ccc(O)cc1)c1ccccc1. The van der Waals surface area contributed by atoms with E-state index < -0.39 is 0 Å². The molecule has 0 unspecified atom stereocenters. The number of phenols is 1. The first-order valence-electron chi connectivity index (χ1n) is 6.62. The monoisotopic (exact) mass is 254 g/mol. The Morgan fingerprint density at radius 1 is 0.895 bits per heavy atom. The molecule has 0 aliphatic heterocycles. The Morgan fingerprint density at radius 3 is 2.26 bits per heavy atom. The van der Waals surface area contributed by atoms with Crippen molar-refractivity contribution in [3.05, 3.63) is 65.7 Å². The lowest BCUT2D eigenvalue weighted by Gasteiger charge is -2.02. The maximum Gasteiger partial charge on any atom is 0.162 e. The molecule has 0 aromatic heterocycles. The molecule has 0 amide bonds. The minimum Gasteiger partial charge on any atom is -0.508 e. The molecule has 0 bridgehead atoms. The molecule has 0 atom stereocenters. The minimum absolute atomic E-state index is 0.214. The highest BCUT2D eigenvalue weighted by atomic mass is 16.3. The van der Waals surface area contributed by atoms with Crippen molar-refractivity contribution < 1.29 is 9.90 Å². The Kier molecular flexibility index (Phi) is 4.73. The van der Waals surface area contributed by atoms with Gasteiger partial charge in [0.2, 0.25) is 0 Å². The molecule has 0 aliphatic carbocycles. The first-order valence-corrected chi connectivity index (χ1v) is 6.62. The van der Waals surface area contributed by atoms with Gasteiger partial charge in [-0.15, -0.1) is 0 Å². The maximum absolute atomic E-state index is 11.9. The van der Waals surface area contributed by atoms with Crippen LogP contribution in [0, 0.1) is 0 Å². The van der Waals surface area contributed by atoms with E-state index in [1.807, 2.05) is 42.5 Å². The molecule has 0 fully saturated rings. The van der Waals surface area contributed by atoms with Crippen molar-refractivity contribution in [2.45, 2.75) is 25.7 Å². The molecule has 2 nitrogen and oxygen atoms in total. The molecule has 2 aromatic rings. The Morgan fingerprint density at radius 2 is 1.58 bits per heavy atom. The van der Waals surface area contributed by atoms with Crippen LogP contribution in [0.2, 0.25) is 0 Å². The van der Waals surface area contributed by atoms with E-state index in [-0.39, 0.29) is 5.78 Å². The molecule has 0 spiro atoms. The number of ketones is 1. The second kappa shape index (κ2) is 6.74. The standard InChI is InChI=1S/C17H18O2/c18-16-12-10-14(11-13-16)6-4-5-9-17(19)15-7-2-1-3-8-15/h1-3,7-8,10-13,18H,4-6,9H2. The van der Waals surface area contributed by atoms with Crippen molar-refractivity contribution in [3.63, 3.8) is 0 Å². The Labute approximate surface area is 113 Å². The summed E-state index contributed by atoms with van der Waals surface area (Å²) in [6, 6.07) is 16.7. The van der Waals surface area contributed by atoms with Crippen LogP contribution in [0.4, 0.5) is 0 Å². The lowest BCUT2D eigenvalue weighted by molar-refractivity contribution is 0.0979. The summed E-state index contributed by atoms with van der Waals surface area (Å²) < 4.78 is 0. The number of Topliss-reactive ketones (excluding diaryl/α,β-unsaturated/α-hetero) is 1. The van der Waals surface area contributed by atoms with E-state index in [1.54, 1.807) is 12.1 Å². The van der Waals surface area contributed by atoms with Gasteiger partial charge in [0, 0.05) is 12.0 Å². The summed E-state index contributed by atoms with van der Waals surface area (Å²) in [5.41, 5.74) is 2.00. The van der Waals surface area contributed by atoms with Gasteiger partial charge in [0.1, 0.15) is 5.75 Å². The molecule has 1 N–H and O–H groups in total. The number of unbranched alkanes of at least 4 members (excludes halogenated alkanes) is 1. The van der Waals surface area contributed by atoms with E-state index >= 15 is 0 Å². The zero-order valence-electron chi connectivity index (χ0n) is 10.9. The van der Waals surface area contributed by atoms with Crippen molar-refractivity contribution in [1.82, 2.24) is 0 Å². The fraction of sp³-hybridized carbons (Fsp3) is 0.235. The van der Waals surface area contributed by atoms with Gasteiger partial charge < -0.3 is 5.11 Å². The van der Waals surface area contributed by atoms with E-state index in [2.05, 4.69) is 0 Å². The fourth-order valence-corrected chi connectivity index (χ4v) is 2.05. The molecule has 2 aromatic carbocycles. The minimum atomic E-state index is 0.214. The van der Waals surface area contributed by atoms with Gasteiger partial charge in [0.25, 0.3) is 0 Å². The van der Waals surface area contributed by atoms with Gasteiger partial charge in [0.05, 0.1) is 0 Å². The van der Waals surface area contributed by atoms with Crippen molar-refractivity contribution >= 4 is 5.78 Å². The Hall–Kier alpha value is -2.09. The lowest BCUT2D eigenvalue weighted by Crippen LogP contribution is -1.98. The van der Waals surface area contributed by atoms with E-state index in [0.717, 1.165) is 24.8 Å². The number of hydrogen-bond donors (Lipinski definition) is 1. The number of carbonyl (C=O) groups excluding carboxylic acids is 1. The number of carbonyl (C=O) groups is 1. The number of hydrogen-bond acceptors (Lipinski definition) is 2. The molecule has 19 heavy (non-hydrogen) atoms. The van der Waals surface area contributed by atoms with Crippen LogP contribution >= 0.6 is 0 Å². The van der Waals surface area contributed by atoms with Crippen LogP contribution in [0.5, 0.6) is 5.75 Å². The third kappa shape index (κ3) is 4.25. The van der Waals surface area contributed by atoms with Crippen LogP contribution in [0.1, 0.15) is 35.2 Å². The topological polar surface area (TPSA) is 37.3 Å². The first-order chi connectivity index (χ1) is 9.25. The molecule has 2 heteroatoms. The third-order valence-electron chi connectivity index (χ3n) is 3.15. The van der Waals surface area contributed by atoms with E-state index in [1.165, 1.54) is 5.56 Å². The summed E-state index contributed by atoms with van der Waals surface area (Å²) in [5, 5.41) is 9.18. The molecule has 0 saturated carbocycles. The Bertz CT molecular complexity index is 515. The molecule has 0 radical (unpaired) electrons. The molecular weight excluding hydrogens is 236 g/mol. The number of benzene rings is 2. The zero-order chi connectivity index (χ0) is 13.5. The highest BCUT2D eigenvalue weighted by molar-refractivity contribution is 5.95. The average Bonchev–Trinajstić information content (AvgIpc) is 2.46. The zero-order valence-corrected chi connectivity index (χ0v) is 10.9. The molecule has 0 heterocycles. The van der Waals surface area contributed by atoms with E-state index in [4.69, 9.17) is 0 Å². The highest BCUT2D eigenvalue weighted by Crippen LogP contribution is 2.13. The summed E-state index contributed by atoms with van der Waals surface area (Å²) in [6.07, 6.45) is 3.43. The number of phenolic OH excluding ortho intramolecular Hbond substituents is 1. The molecule has 0 saturated heterocycles. The van der Waals surface area contributed by atoms with Crippen LogP contribution in [-0.4, -0.2) is 10.9 Å². The second-order valence-electron chi connectivity index (χ2n) is 4.66. The van der Waals surface area contributed by atoms with Crippen molar-refractivity contribution in [3.8, 4) is 5.75 Å². The van der Waals surface area contributed by atoms with Crippen LogP contribution in [0.15, 0.2) is 54.6 Å². The van der Waals surface area contributed by atoms with Gasteiger partial charge in [0.15, 0.2) is 5.78 Å². The predicted octanol–water partition coefficient (Wildman–Crippen LogP) is 3.99. The summed E-state index contributed by atoms with van der Waals surface area (Å²) >= 11 is 0.